The lowest BCUT2D eigenvalue weighted by molar-refractivity contribution is -0.123. The van der Waals surface area contributed by atoms with Gasteiger partial charge in [0, 0.05) is 18.0 Å². The number of ketones is 1. The van der Waals surface area contributed by atoms with Gasteiger partial charge in [-0.05, 0) is 44.0 Å². The highest BCUT2D eigenvalue weighted by atomic mass is 16.5. The Hall–Kier alpha value is -1.88. The van der Waals surface area contributed by atoms with Crippen molar-refractivity contribution in [3.63, 3.8) is 0 Å². The molecule has 2 atom stereocenters. The molecule has 2 unspecified atom stereocenters. The third-order valence-corrected chi connectivity index (χ3v) is 4.12. The second-order valence-corrected chi connectivity index (χ2v) is 5.62. The number of Topliss-reactive ketones (excluding diaryl/α,β-unsaturated/α-hetero) is 1. The zero-order valence-corrected chi connectivity index (χ0v) is 12.1. The van der Waals surface area contributed by atoms with Crippen molar-refractivity contribution in [2.24, 2.45) is 5.92 Å². The summed E-state index contributed by atoms with van der Waals surface area (Å²) < 4.78 is 5.64. The molecule has 0 radical (unpaired) electrons. The Kier molecular flexibility index (Phi) is 3.92. The highest BCUT2D eigenvalue weighted by molar-refractivity contribution is 6.02. The number of nitrogens with one attached hydrogen (secondary N) is 2. The minimum atomic E-state index is -0.443. The Bertz CT molecular complexity index is 565. The summed E-state index contributed by atoms with van der Waals surface area (Å²) in [5.74, 6) is 0.658. The summed E-state index contributed by atoms with van der Waals surface area (Å²) in [6.07, 6.45) is 2.13. The molecule has 2 aliphatic rings. The molecule has 2 N–H and O–H groups in total. The lowest BCUT2D eigenvalue weighted by Crippen LogP contribution is -2.37. The van der Waals surface area contributed by atoms with Gasteiger partial charge in [0.1, 0.15) is 5.75 Å². The lowest BCUT2D eigenvalue weighted by Gasteiger charge is -2.26. The summed E-state index contributed by atoms with van der Waals surface area (Å²) in [7, 11) is 0. The molecule has 5 nitrogen and oxygen atoms in total. The van der Waals surface area contributed by atoms with Crippen LogP contribution in [0.15, 0.2) is 18.2 Å². The van der Waals surface area contributed by atoms with Crippen LogP contribution >= 0.6 is 0 Å². The van der Waals surface area contributed by atoms with Gasteiger partial charge in [0.05, 0.1) is 5.69 Å². The van der Waals surface area contributed by atoms with Gasteiger partial charge in [-0.1, -0.05) is 6.92 Å². The van der Waals surface area contributed by atoms with Crippen LogP contribution in [0.1, 0.15) is 36.5 Å². The van der Waals surface area contributed by atoms with Crippen LogP contribution in [0.5, 0.6) is 5.75 Å². The van der Waals surface area contributed by atoms with Gasteiger partial charge in [-0.2, -0.15) is 0 Å². The molecule has 1 saturated heterocycles. The van der Waals surface area contributed by atoms with Crippen LogP contribution in [0.3, 0.4) is 0 Å². The summed E-state index contributed by atoms with van der Waals surface area (Å²) in [5, 5.41) is 6.08. The molecule has 0 saturated carbocycles. The van der Waals surface area contributed by atoms with E-state index in [1.54, 1.807) is 18.2 Å². The third-order valence-electron chi connectivity index (χ3n) is 4.12. The van der Waals surface area contributed by atoms with E-state index in [1.807, 2.05) is 6.92 Å². The molecule has 1 fully saturated rings. The average Bonchev–Trinajstić information content (AvgIpc) is 2.53. The fourth-order valence-electron chi connectivity index (χ4n) is 2.88. The van der Waals surface area contributed by atoms with E-state index in [1.165, 1.54) is 0 Å². The van der Waals surface area contributed by atoms with Gasteiger partial charge in [-0.3, -0.25) is 9.59 Å². The maximum atomic E-state index is 12.5. The zero-order valence-electron chi connectivity index (χ0n) is 12.1. The Balaban J connectivity index is 1.81. The van der Waals surface area contributed by atoms with E-state index in [9.17, 15) is 9.59 Å². The van der Waals surface area contributed by atoms with Gasteiger partial charge < -0.3 is 15.4 Å². The number of carbonyl (C=O) groups excluding carboxylic acids is 2. The van der Waals surface area contributed by atoms with Gasteiger partial charge in [0.15, 0.2) is 11.9 Å². The molecule has 1 amide bonds. The molecular weight excluding hydrogens is 268 g/mol. The number of benzene rings is 1. The average molecular weight is 288 g/mol. The summed E-state index contributed by atoms with van der Waals surface area (Å²) >= 11 is 0. The monoisotopic (exact) mass is 288 g/mol. The van der Waals surface area contributed by atoms with Crippen LogP contribution in [0.25, 0.3) is 0 Å². The van der Waals surface area contributed by atoms with Crippen LogP contribution in [0.4, 0.5) is 5.69 Å². The fraction of sp³-hybridized carbons (Fsp3) is 0.500. The van der Waals surface area contributed by atoms with E-state index in [2.05, 4.69) is 10.6 Å². The first-order chi connectivity index (χ1) is 10.2. The first kappa shape index (κ1) is 14.1. The van der Waals surface area contributed by atoms with Crippen LogP contribution in [-0.2, 0) is 4.79 Å². The van der Waals surface area contributed by atoms with E-state index in [-0.39, 0.29) is 17.6 Å². The molecule has 2 heterocycles. The van der Waals surface area contributed by atoms with Gasteiger partial charge in [-0.25, -0.2) is 0 Å². The standard InChI is InChI=1S/C16H20N2O3/c1-2-13-16(20)18-12-8-10(5-6-14(12)21-13)15(19)11-4-3-7-17-9-11/h5-6,8,11,13,17H,2-4,7,9H2,1H3,(H,18,20). The van der Waals surface area contributed by atoms with Crippen LogP contribution in [-0.4, -0.2) is 30.9 Å². The van der Waals surface area contributed by atoms with E-state index in [4.69, 9.17) is 4.74 Å². The molecule has 0 bridgehead atoms. The van der Waals surface area contributed by atoms with Crippen molar-refractivity contribution in [2.45, 2.75) is 32.3 Å². The number of piperidine rings is 1. The van der Waals surface area contributed by atoms with Crippen LogP contribution in [0, 0.1) is 5.92 Å². The van der Waals surface area contributed by atoms with E-state index < -0.39 is 6.10 Å². The van der Waals surface area contributed by atoms with E-state index in [0.29, 0.717) is 23.4 Å². The second kappa shape index (κ2) is 5.85. The Morgan fingerprint density at radius 2 is 2.29 bits per heavy atom. The molecule has 2 aliphatic heterocycles. The molecule has 0 aliphatic carbocycles. The molecular formula is C16H20N2O3. The SMILES string of the molecule is CCC1Oc2ccc(C(=O)C3CCCNC3)cc2NC1=O. The summed E-state index contributed by atoms with van der Waals surface area (Å²) in [6.45, 7) is 3.62. The lowest BCUT2D eigenvalue weighted by atomic mass is 9.90. The number of carbonyl (C=O) groups is 2. The van der Waals surface area contributed by atoms with Crippen molar-refractivity contribution in [1.29, 1.82) is 0 Å². The summed E-state index contributed by atoms with van der Waals surface area (Å²) in [4.78, 5) is 24.3. The summed E-state index contributed by atoms with van der Waals surface area (Å²) in [5.41, 5.74) is 1.24. The van der Waals surface area contributed by atoms with Gasteiger partial charge in [0.2, 0.25) is 0 Å². The van der Waals surface area contributed by atoms with Crippen molar-refractivity contribution < 1.29 is 14.3 Å². The summed E-state index contributed by atoms with van der Waals surface area (Å²) in [6, 6.07) is 5.30. The normalized spacial score (nSPS) is 24.7. The van der Waals surface area contributed by atoms with E-state index >= 15 is 0 Å². The number of anilines is 1. The topological polar surface area (TPSA) is 67.4 Å². The van der Waals surface area contributed by atoms with Crippen molar-refractivity contribution in [2.75, 3.05) is 18.4 Å². The van der Waals surface area contributed by atoms with Crippen molar-refractivity contribution >= 4 is 17.4 Å². The maximum absolute atomic E-state index is 12.5. The number of fused-ring (bicyclic) bond motifs is 1. The van der Waals surface area contributed by atoms with Crippen LogP contribution in [0.2, 0.25) is 0 Å². The number of hydrogen-bond acceptors (Lipinski definition) is 4. The Labute approximate surface area is 124 Å². The quantitative estimate of drug-likeness (QED) is 0.835. The Morgan fingerprint density at radius 3 is 3.00 bits per heavy atom. The predicted octanol–water partition coefficient (Wildman–Crippen LogP) is 1.98. The number of hydrogen-bond donors (Lipinski definition) is 2. The second-order valence-electron chi connectivity index (χ2n) is 5.62. The van der Waals surface area contributed by atoms with Gasteiger partial charge in [-0.15, -0.1) is 0 Å². The molecule has 0 spiro atoms. The van der Waals surface area contributed by atoms with E-state index in [0.717, 1.165) is 25.9 Å². The minimum absolute atomic E-state index is 0.0281. The van der Waals surface area contributed by atoms with Crippen molar-refractivity contribution in [3.8, 4) is 5.75 Å². The molecule has 21 heavy (non-hydrogen) atoms. The van der Waals surface area contributed by atoms with Gasteiger partial charge in [0.25, 0.3) is 5.91 Å². The molecule has 112 valence electrons. The Morgan fingerprint density at radius 1 is 1.43 bits per heavy atom. The molecule has 3 rings (SSSR count). The predicted molar refractivity (Wildman–Crippen MR) is 79.7 cm³/mol. The number of ether oxygens (including phenoxy) is 1. The number of amides is 1. The maximum Gasteiger partial charge on any atom is 0.265 e. The smallest absolute Gasteiger partial charge is 0.265 e. The van der Waals surface area contributed by atoms with Crippen molar-refractivity contribution in [1.82, 2.24) is 5.32 Å². The molecule has 1 aromatic rings. The van der Waals surface area contributed by atoms with Gasteiger partial charge >= 0.3 is 0 Å². The minimum Gasteiger partial charge on any atom is -0.478 e. The number of rotatable bonds is 3. The highest BCUT2D eigenvalue weighted by Gasteiger charge is 2.28. The third kappa shape index (κ3) is 2.78. The first-order valence-corrected chi connectivity index (χ1v) is 7.55. The highest BCUT2D eigenvalue weighted by Crippen LogP contribution is 2.32. The zero-order chi connectivity index (χ0) is 14.8. The molecule has 1 aromatic carbocycles. The first-order valence-electron chi connectivity index (χ1n) is 7.55. The van der Waals surface area contributed by atoms with Crippen molar-refractivity contribution in [3.05, 3.63) is 23.8 Å². The largest absolute Gasteiger partial charge is 0.478 e. The molecule has 0 aromatic heterocycles. The fourth-order valence-corrected chi connectivity index (χ4v) is 2.88. The molecule has 5 heteroatoms. The van der Waals surface area contributed by atoms with Crippen LogP contribution < -0.4 is 15.4 Å².